The average molecular weight is 378 g/mol. The summed E-state index contributed by atoms with van der Waals surface area (Å²) in [7, 11) is -3.52. The van der Waals surface area contributed by atoms with Crippen LogP contribution in [0.3, 0.4) is 0 Å². The fourth-order valence-electron chi connectivity index (χ4n) is 5.26. The average Bonchev–Trinajstić information content (AvgIpc) is 2.96. The van der Waals surface area contributed by atoms with Gasteiger partial charge in [-0.3, -0.25) is 4.79 Å². The highest BCUT2D eigenvalue weighted by Gasteiger charge is 2.65. The number of ketones is 1. The van der Waals surface area contributed by atoms with Gasteiger partial charge in [0.1, 0.15) is 5.78 Å². The van der Waals surface area contributed by atoms with E-state index < -0.39 is 15.4 Å². The number of hydrogen-bond acceptors (Lipinski definition) is 4. The lowest BCUT2D eigenvalue weighted by atomic mass is 9.70. The summed E-state index contributed by atoms with van der Waals surface area (Å²) in [5.41, 5.74) is 0.0445. The molecule has 2 bridgehead atoms. The van der Waals surface area contributed by atoms with Crippen LogP contribution >= 0.6 is 0 Å². The minimum atomic E-state index is -3.52. The third-order valence-electron chi connectivity index (χ3n) is 7.16. The molecule has 142 valence electrons. The Hall–Kier alpha value is -1.24. The fourth-order valence-corrected chi connectivity index (χ4v) is 7.46. The van der Waals surface area contributed by atoms with Gasteiger partial charge in [0, 0.05) is 24.9 Å². The molecule has 0 N–H and O–H groups in total. The van der Waals surface area contributed by atoms with Gasteiger partial charge in [0.15, 0.2) is 0 Å². The maximum absolute atomic E-state index is 13.3. The molecule has 2 saturated carbocycles. The molecule has 1 heterocycles. The van der Waals surface area contributed by atoms with E-state index in [4.69, 9.17) is 4.74 Å². The number of fused-ring (bicyclic) bond motifs is 2. The SMILES string of the molecule is CC1(C)[C@H]2CC[C@@]1(CS(=O)(=O)N1CCO[C@H](c3ccccc3)C1)C(=O)C2. The van der Waals surface area contributed by atoms with E-state index in [0.717, 1.165) is 12.0 Å². The summed E-state index contributed by atoms with van der Waals surface area (Å²) in [5, 5.41) is 0. The Bertz CT molecular complexity index is 804. The van der Waals surface area contributed by atoms with Crippen LogP contribution in [0.2, 0.25) is 0 Å². The van der Waals surface area contributed by atoms with Gasteiger partial charge in [0.2, 0.25) is 10.0 Å². The van der Waals surface area contributed by atoms with Gasteiger partial charge in [-0.25, -0.2) is 8.42 Å². The molecular weight excluding hydrogens is 350 g/mol. The van der Waals surface area contributed by atoms with Crippen LogP contribution in [0.5, 0.6) is 0 Å². The minimum absolute atomic E-state index is 0.0517. The summed E-state index contributed by atoms with van der Waals surface area (Å²) in [5.74, 6) is 0.422. The molecule has 3 aliphatic rings. The minimum Gasteiger partial charge on any atom is -0.371 e. The molecule has 0 unspecified atom stereocenters. The summed E-state index contributed by atoms with van der Waals surface area (Å²) in [4.78, 5) is 12.7. The first kappa shape index (κ1) is 18.1. The van der Waals surface area contributed by atoms with Crippen molar-refractivity contribution in [3.05, 3.63) is 35.9 Å². The zero-order valence-electron chi connectivity index (χ0n) is 15.5. The standard InChI is InChI=1S/C20H27NO4S/c1-19(2)16-8-9-20(19,18(22)12-16)14-26(23,24)21-10-11-25-17(13-21)15-6-4-3-5-7-15/h3-7,16-17H,8-14H2,1-2H3/t16-,17-,20+/m0/s1. The lowest BCUT2D eigenvalue weighted by Gasteiger charge is -2.39. The molecule has 6 heteroatoms. The van der Waals surface area contributed by atoms with E-state index in [-0.39, 0.29) is 23.1 Å². The summed E-state index contributed by atoms with van der Waals surface area (Å²) in [6.45, 7) is 5.22. The van der Waals surface area contributed by atoms with Gasteiger partial charge in [0.25, 0.3) is 0 Å². The molecule has 2 aliphatic carbocycles. The van der Waals surface area contributed by atoms with Crippen LogP contribution < -0.4 is 0 Å². The third kappa shape index (κ3) is 2.65. The molecule has 1 aromatic rings. The van der Waals surface area contributed by atoms with Crippen LogP contribution in [-0.2, 0) is 19.6 Å². The highest BCUT2D eigenvalue weighted by atomic mass is 32.2. The predicted octanol–water partition coefficient (Wildman–Crippen LogP) is 2.79. The topological polar surface area (TPSA) is 63.7 Å². The molecule has 3 atom stereocenters. The van der Waals surface area contributed by atoms with Crippen molar-refractivity contribution >= 4 is 15.8 Å². The maximum atomic E-state index is 13.3. The van der Waals surface area contributed by atoms with Crippen molar-refractivity contribution in [1.29, 1.82) is 0 Å². The number of sulfonamides is 1. The van der Waals surface area contributed by atoms with Gasteiger partial charge in [-0.2, -0.15) is 4.31 Å². The number of carbonyl (C=O) groups is 1. The van der Waals surface area contributed by atoms with Crippen molar-refractivity contribution in [2.24, 2.45) is 16.7 Å². The highest BCUT2D eigenvalue weighted by Crippen LogP contribution is 2.64. The summed E-state index contributed by atoms with van der Waals surface area (Å²) >= 11 is 0. The monoisotopic (exact) mass is 377 g/mol. The number of ether oxygens (including phenoxy) is 1. The second-order valence-electron chi connectivity index (χ2n) is 8.55. The second kappa shape index (κ2) is 6.14. The zero-order chi connectivity index (χ0) is 18.6. The molecule has 0 aromatic heterocycles. The number of benzene rings is 1. The molecule has 3 fully saturated rings. The van der Waals surface area contributed by atoms with Gasteiger partial charge in [-0.05, 0) is 29.7 Å². The molecule has 0 radical (unpaired) electrons. The molecule has 4 rings (SSSR count). The Morgan fingerprint density at radius 2 is 1.96 bits per heavy atom. The molecule has 5 nitrogen and oxygen atoms in total. The smallest absolute Gasteiger partial charge is 0.215 e. The van der Waals surface area contributed by atoms with Gasteiger partial charge in [-0.15, -0.1) is 0 Å². The Labute approximate surface area is 155 Å². The van der Waals surface area contributed by atoms with Crippen molar-refractivity contribution in [3.8, 4) is 0 Å². The van der Waals surface area contributed by atoms with Crippen molar-refractivity contribution in [3.63, 3.8) is 0 Å². The first-order chi connectivity index (χ1) is 12.3. The Balaban J connectivity index is 1.56. The van der Waals surface area contributed by atoms with Crippen molar-refractivity contribution in [2.45, 2.75) is 39.2 Å². The van der Waals surface area contributed by atoms with E-state index in [1.54, 1.807) is 0 Å². The van der Waals surface area contributed by atoms with E-state index in [1.807, 2.05) is 30.3 Å². The molecule has 1 aliphatic heterocycles. The number of Topliss-reactive ketones (excluding diaryl/α,β-unsaturated/α-hetero) is 1. The first-order valence-electron chi connectivity index (χ1n) is 9.44. The van der Waals surface area contributed by atoms with Crippen molar-refractivity contribution < 1.29 is 17.9 Å². The number of rotatable bonds is 4. The Morgan fingerprint density at radius 1 is 1.23 bits per heavy atom. The zero-order valence-corrected chi connectivity index (χ0v) is 16.3. The first-order valence-corrected chi connectivity index (χ1v) is 11.0. The number of nitrogens with zero attached hydrogens (tertiary/aromatic N) is 1. The Morgan fingerprint density at radius 3 is 2.58 bits per heavy atom. The van der Waals surface area contributed by atoms with E-state index >= 15 is 0 Å². The lowest BCUT2D eigenvalue weighted by Crippen LogP contribution is -2.49. The van der Waals surface area contributed by atoms with E-state index in [1.165, 1.54) is 4.31 Å². The Kier molecular flexibility index (Phi) is 4.29. The summed E-state index contributed by atoms with van der Waals surface area (Å²) in [6, 6.07) is 9.73. The largest absolute Gasteiger partial charge is 0.371 e. The van der Waals surface area contributed by atoms with E-state index in [2.05, 4.69) is 13.8 Å². The normalized spacial score (nSPS) is 34.3. The van der Waals surface area contributed by atoms with Crippen molar-refractivity contribution in [1.82, 2.24) is 4.31 Å². The number of carbonyl (C=O) groups excluding carboxylic acids is 1. The quantitative estimate of drug-likeness (QED) is 0.809. The van der Waals surface area contributed by atoms with Gasteiger partial charge in [-0.1, -0.05) is 44.2 Å². The van der Waals surface area contributed by atoms with Crippen LogP contribution in [-0.4, -0.2) is 44.0 Å². The lowest BCUT2D eigenvalue weighted by molar-refractivity contribution is -0.128. The van der Waals surface area contributed by atoms with Crippen LogP contribution in [0.15, 0.2) is 30.3 Å². The molecule has 0 amide bonds. The molecular formula is C20H27NO4S. The van der Waals surface area contributed by atoms with Crippen LogP contribution in [0.4, 0.5) is 0 Å². The number of morpholine rings is 1. The van der Waals surface area contributed by atoms with Gasteiger partial charge >= 0.3 is 0 Å². The molecule has 1 saturated heterocycles. The maximum Gasteiger partial charge on any atom is 0.215 e. The fraction of sp³-hybridized carbons (Fsp3) is 0.650. The van der Waals surface area contributed by atoms with Crippen LogP contribution in [0.25, 0.3) is 0 Å². The molecule has 0 spiro atoms. The second-order valence-corrected chi connectivity index (χ2v) is 10.5. The third-order valence-corrected chi connectivity index (χ3v) is 9.14. The predicted molar refractivity (Wildman–Crippen MR) is 99.1 cm³/mol. The van der Waals surface area contributed by atoms with E-state index in [0.29, 0.717) is 38.5 Å². The van der Waals surface area contributed by atoms with Gasteiger partial charge in [0.05, 0.1) is 18.5 Å². The highest BCUT2D eigenvalue weighted by molar-refractivity contribution is 7.89. The summed E-state index contributed by atoms with van der Waals surface area (Å²) < 4.78 is 33.9. The van der Waals surface area contributed by atoms with Crippen LogP contribution in [0, 0.1) is 16.7 Å². The van der Waals surface area contributed by atoms with E-state index in [9.17, 15) is 13.2 Å². The van der Waals surface area contributed by atoms with Gasteiger partial charge < -0.3 is 4.74 Å². The van der Waals surface area contributed by atoms with Crippen molar-refractivity contribution in [2.75, 3.05) is 25.4 Å². The molecule has 1 aromatic carbocycles. The van der Waals surface area contributed by atoms with Crippen LogP contribution in [0.1, 0.15) is 44.8 Å². The molecule has 26 heavy (non-hydrogen) atoms. The summed E-state index contributed by atoms with van der Waals surface area (Å²) in [6.07, 6.45) is 1.96. The number of hydrogen-bond donors (Lipinski definition) is 0.